The first-order chi connectivity index (χ1) is 7.91. The first-order valence-corrected chi connectivity index (χ1v) is 4.81. The first kappa shape index (κ1) is 11.9. The molecule has 2 rings (SSSR count). The van der Waals surface area contributed by atoms with Crippen molar-refractivity contribution in [1.82, 2.24) is 9.97 Å². The summed E-state index contributed by atoms with van der Waals surface area (Å²) in [6.45, 7) is 0. The summed E-state index contributed by atoms with van der Waals surface area (Å²) in [4.78, 5) is 7.70. The monoisotopic (exact) mass is 262 g/mol. The highest BCUT2D eigenvalue weighted by molar-refractivity contribution is 6.32. The minimum absolute atomic E-state index is 0.000223. The quantitative estimate of drug-likeness (QED) is 0.612. The molecule has 0 atom stereocenters. The van der Waals surface area contributed by atoms with Crippen LogP contribution in [0.1, 0.15) is 5.56 Å². The van der Waals surface area contributed by atoms with E-state index in [1.54, 1.807) is 0 Å². The van der Waals surface area contributed by atoms with Crippen molar-refractivity contribution in [1.29, 1.82) is 0 Å². The molecule has 0 aliphatic heterocycles. The largest absolute Gasteiger partial charge is 0.416 e. The Morgan fingerprint density at radius 1 is 1.18 bits per heavy atom. The fraction of sp³-hybridized carbons (Fsp3) is 0.111. The molecule has 0 saturated heterocycles. The third-order valence-corrected chi connectivity index (χ3v) is 2.35. The van der Waals surface area contributed by atoms with Crippen molar-refractivity contribution in [3.8, 4) is 0 Å². The van der Waals surface area contributed by atoms with Crippen molar-refractivity contribution in [2.45, 2.75) is 6.18 Å². The Morgan fingerprint density at radius 2 is 1.88 bits per heavy atom. The van der Waals surface area contributed by atoms with E-state index in [1.807, 2.05) is 0 Å². The lowest BCUT2D eigenvalue weighted by Crippen LogP contribution is -2.10. The van der Waals surface area contributed by atoms with E-state index < -0.39 is 11.7 Å². The van der Waals surface area contributed by atoms with Gasteiger partial charge in [-0.05, 0) is 18.2 Å². The molecule has 0 radical (unpaired) electrons. The number of hydrazine groups is 1. The predicted molar refractivity (Wildman–Crippen MR) is 57.4 cm³/mol. The zero-order chi connectivity index (χ0) is 12.6. The summed E-state index contributed by atoms with van der Waals surface area (Å²) in [6.07, 6.45) is -4.42. The zero-order valence-corrected chi connectivity index (χ0v) is 8.97. The molecule has 0 fully saturated rings. The summed E-state index contributed by atoms with van der Waals surface area (Å²) in [5.41, 5.74) is 1.69. The van der Waals surface area contributed by atoms with E-state index in [-0.39, 0.29) is 22.0 Å². The standard InChI is InChI=1S/C9H6ClF3N4/c10-7-8(17-14)16-6-3-4(9(11,12)13)1-2-5(6)15-7/h1-3H,14H2,(H,16,17). The molecule has 0 saturated carbocycles. The van der Waals surface area contributed by atoms with E-state index in [1.165, 1.54) is 6.07 Å². The Kier molecular flexibility index (Phi) is 2.80. The van der Waals surface area contributed by atoms with Gasteiger partial charge < -0.3 is 5.43 Å². The van der Waals surface area contributed by atoms with Crippen LogP contribution in [0.25, 0.3) is 11.0 Å². The summed E-state index contributed by atoms with van der Waals surface area (Å²) in [6, 6.07) is 3.01. The molecular weight excluding hydrogens is 257 g/mol. The van der Waals surface area contributed by atoms with Crippen molar-refractivity contribution < 1.29 is 13.2 Å². The molecule has 0 spiro atoms. The van der Waals surface area contributed by atoms with E-state index in [9.17, 15) is 13.2 Å². The summed E-state index contributed by atoms with van der Waals surface area (Å²) < 4.78 is 37.4. The number of hydrogen-bond acceptors (Lipinski definition) is 4. The maximum absolute atomic E-state index is 12.5. The van der Waals surface area contributed by atoms with Crippen LogP contribution in [0.15, 0.2) is 18.2 Å². The highest BCUT2D eigenvalue weighted by Crippen LogP contribution is 2.31. The van der Waals surface area contributed by atoms with Crippen LogP contribution in [0.3, 0.4) is 0 Å². The van der Waals surface area contributed by atoms with Crippen molar-refractivity contribution in [2.75, 3.05) is 5.43 Å². The van der Waals surface area contributed by atoms with E-state index in [0.29, 0.717) is 0 Å². The number of nitrogens with zero attached hydrogens (tertiary/aromatic N) is 2. The van der Waals surface area contributed by atoms with Crippen LogP contribution in [0.2, 0.25) is 5.15 Å². The second-order valence-corrected chi connectivity index (χ2v) is 3.57. The van der Waals surface area contributed by atoms with Gasteiger partial charge in [0.1, 0.15) is 0 Å². The molecule has 0 aliphatic rings. The van der Waals surface area contributed by atoms with E-state index >= 15 is 0 Å². The summed E-state index contributed by atoms with van der Waals surface area (Å²) >= 11 is 5.69. The molecule has 0 amide bonds. The van der Waals surface area contributed by atoms with Crippen molar-refractivity contribution >= 4 is 28.5 Å². The number of nitrogens with one attached hydrogen (secondary N) is 1. The van der Waals surface area contributed by atoms with Crippen LogP contribution < -0.4 is 11.3 Å². The molecule has 8 heteroatoms. The minimum Gasteiger partial charge on any atom is -0.306 e. The zero-order valence-electron chi connectivity index (χ0n) is 8.22. The number of nitrogens with two attached hydrogens (primary N) is 1. The molecule has 1 aromatic heterocycles. The van der Waals surface area contributed by atoms with Gasteiger partial charge in [0.15, 0.2) is 11.0 Å². The number of alkyl halides is 3. The highest BCUT2D eigenvalue weighted by atomic mass is 35.5. The topological polar surface area (TPSA) is 63.8 Å². The molecule has 90 valence electrons. The van der Waals surface area contributed by atoms with Crippen LogP contribution in [0.4, 0.5) is 19.0 Å². The first-order valence-electron chi connectivity index (χ1n) is 4.43. The molecule has 3 N–H and O–H groups in total. The Bertz CT molecular complexity index is 570. The maximum Gasteiger partial charge on any atom is 0.416 e. The summed E-state index contributed by atoms with van der Waals surface area (Å²) in [5, 5.41) is -0.000223. The van der Waals surface area contributed by atoms with Gasteiger partial charge in [0, 0.05) is 0 Å². The number of halogens is 4. The average Bonchev–Trinajstić information content (AvgIpc) is 2.26. The molecule has 0 aliphatic carbocycles. The molecular formula is C9H6ClF3N4. The Balaban J connectivity index is 2.65. The van der Waals surface area contributed by atoms with Crippen LogP contribution in [0, 0.1) is 0 Å². The van der Waals surface area contributed by atoms with Gasteiger partial charge in [-0.2, -0.15) is 13.2 Å². The van der Waals surface area contributed by atoms with Gasteiger partial charge >= 0.3 is 6.18 Å². The lowest BCUT2D eigenvalue weighted by molar-refractivity contribution is -0.137. The van der Waals surface area contributed by atoms with Gasteiger partial charge in [-0.3, -0.25) is 0 Å². The van der Waals surface area contributed by atoms with Crippen LogP contribution >= 0.6 is 11.6 Å². The van der Waals surface area contributed by atoms with Crippen LogP contribution in [-0.4, -0.2) is 9.97 Å². The number of fused-ring (bicyclic) bond motifs is 1. The van der Waals surface area contributed by atoms with Crippen LogP contribution in [-0.2, 0) is 6.18 Å². The smallest absolute Gasteiger partial charge is 0.306 e. The van der Waals surface area contributed by atoms with Gasteiger partial charge in [0.2, 0.25) is 0 Å². The Hall–Kier alpha value is -1.60. The van der Waals surface area contributed by atoms with E-state index in [4.69, 9.17) is 17.4 Å². The molecule has 1 aromatic carbocycles. The van der Waals surface area contributed by atoms with Crippen molar-refractivity contribution in [3.05, 3.63) is 28.9 Å². The van der Waals surface area contributed by atoms with Gasteiger partial charge in [-0.15, -0.1) is 0 Å². The fourth-order valence-electron chi connectivity index (χ4n) is 1.30. The number of benzene rings is 1. The Morgan fingerprint density at radius 3 is 2.47 bits per heavy atom. The summed E-state index contributed by atoms with van der Waals surface area (Å²) in [7, 11) is 0. The van der Waals surface area contributed by atoms with Gasteiger partial charge in [-0.1, -0.05) is 11.6 Å². The molecule has 2 aromatic rings. The van der Waals surface area contributed by atoms with Crippen molar-refractivity contribution in [2.24, 2.45) is 5.84 Å². The fourth-order valence-corrected chi connectivity index (χ4v) is 1.49. The second kappa shape index (κ2) is 4.01. The number of nitrogen functional groups attached to an aromatic ring is 1. The number of aromatic nitrogens is 2. The second-order valence-electron chi connectivity index (χ2n) is 3.21. The molecule has 4 nitrogen and oxygen atoms in total. The lowest BCUT2D eigenvalue weighted by Gasteiger charge is -2.08. The van der Waals surface area contributed by atoms with Crippen molar-refractivity contribution in [3.63, 3.8) is 0 Å². The molecule has 17 heavy (non-hydrogen) atoms. The molecule has 1 heterocycles. The highest BCUT2D eigenvalue weighted by Gasteiger charge is 2.30. The Labute approximate surface area is 98.6 Å². The third kappa shape index (κ3) is 2.25. The average molecular weight is 263 g/mol. The SMILES string of the molecule is NNc1nc2cc(C(F)(F)F)ccc2nc1Cl. The normalized spacial score (nSPS) is 11.8. The number of anilines is 1. The molecule has 0 bridgehead atoms. The van der Waals surface area contributed by atoms with Gasteiger partial charge in [0.25, 0.3) is 0 Å². The summed E-state index contributed by atoms with van der Waals surface area (Å²) in [5.74, 6) is 5.13. The molecule has 0 unspecified atom stereocenters. The maximum atomic E-state index is 12.5. The number of hydrogen-bond donors (Lipinski definition) is 2. The predicted octanol–water partition coefficient (Wildman–Crippen LogP) is 2.59. The number of rotatable bonds is 1. The van der Waals surface area contributed by atoms with Crippen LogP contribution in [0.5, 0.6) is 0 Å². The van der Waals surface area contributed by atoms with E-state index in [0.717, 1.165) is 12.1 Å². The van der Waals surface area contributed by atoms with Gasteiger partial charge in [-0.25, -0.2) is 15.8 Å². The van der Waals surface area contributed by atoms with Gasteiger partial charge in [0.05, 0.1) is 16.6 Å². The lowest BCUT2D eigenvalue weighted by atomic mass is 10.2. The third-order valence-electron chi connectivity index (χ3n) is 2.09. The van der Waals surface area contributed by atoms with E-state index in [2.05, 4.69) is 15.4 Å². The minimum atomic E-state index is -4.42.